The summed E-state index contributed by atoms with van der Waals surface area (Å²) in [5.74, 6) is 0.265. The number of morpholine rings is 1. The lowest BCUT2D eigenvalue weighted by Crippen LogP contribution is -2.40. The summed E-state index contributed by atoms with van der Waals surface area (Å²) in [4.78, 5) is 7.14. The predicted octanol–water partition coefficient (Wildman–Crippen LogP) is 2.91. The van der Waals surface area contributed by atoms with Gasteiger partial charge in [0.1, 0.15) is 5.82 Å². The molecule has 8 heteroatoms. The van der Waals surface area contributed by atoms with Gasteiger partial charge in [-0.1, -0.05) is 12.1 Å². The molecule has 2 aromatic rings. The van der Waals surface area contributed by atoms with Crippen molar-refractivity contribution < 1.29 is 17.9 Å². The molecule has 0 spiro atoms. The van der Waals surface area contributed by atoms with E-state index in [4.69, 9.17) is 4.74 Å². The van der Waals surface area contributed by atoms with Gasteiger partial charge in [-0.3, -0.25) is 0 Å². The molecule has 5 nitrogen and oxygen atoms in total. The van der Waals surface area contributed by atoms with Gasteiger partial charge in [0, 0.05) is 24.7 Å². The van der Waals surface area contributed by atoms with E-state index in [0.29, 0.717) is 6.04 Å². The van der Waals surface area contributed by atoms with Gasteiger partial charge in [-0.2, -0.15) is 13.2 Å². The largest absolute Gasteiger partial charge is 0.434 e. The number of anilines is 2. The standard InChI is InChI=1S/C17H17F3N4O/c18-17(19,20)14-7-22-15(8-21-14)24-12-3-1-11(2-4-12)5-16-6-13(9-25-16)23-10-16/h1-4,7-8,13,23H,5-6,9-10H2,(H,22,24). The number of hydrogen-bond acceptors (Lipinski definition) is 5. The summed E-state index contributed by atoms with van der Waals surface area (Å²) in [6.07, 6.45) is -0.808. The molecular weight excluding hydrogens is 333 g/mol. The van der Waals surface area contributed by atoms with Crippen molar-refractivity contribution >= 4 is 11.5 Å². The molecule has 2 saturated heterocycles. The Balaban J connectivity index is 1.40. The molecule has 1 aromatic heterocycles. The number of nitrogens with one attached hydrogen (secondary N) is 2. The van der Waals surface area contributed by atoms with E-state index in [0.717, 1.165) is 49.6 Å². The number of fused-ring (bicyclic) bond motifs is 2. The van der Waals surface area contributed by atoms with E-state index in [1.165, 1.54) is 0 Å². The number of alkyl halides is 3. The van der Waals surface area contributed by atoms with Crippen LogP contribution in [-0.4, -0.2) is 34.8 Å². The van der Waals surface area contributed by atoms with Gasteiger partial charge in [-0.25, -0.2) is 9.97 Å². The monoisotopic (exact) mass is 350 g/mol. The lowest BCUT2D eigenvalue weighted by Gasteiger charge is -2.26. The molecule has 3 heterocycles. The Labute approximate surface area is 142 Å². The molecule has 0 radical (unpaired) electrons. The summed E-state index contributed by atoms with van der Waals surface area (Å²) < 4.78 is 43.4. The second-order valence-corrected chi connectivity index (χ2v) is 6.56. The number of halogens is 3. The fourth-order valence-electron chi connectivity index (χ4n) is 3.38. The Morgan fingerprint density at radius 2 is 2.00 bits per heavy atom. The van der Waals surface area contributed by atoms with Crippen molar-refractivity contribution in [3.05, 3.63) is 47.9 Å². The van der Waals surface area contributed by atoms with Crippen molar-refractivity contribution in [1.29, 1.82) is 0 Å². The van der Waals surface area contributed by atoms with Gasteiger partial charge in [0.05, 0.1) is 24.6 Å². The maximum Gasteiger partial charge on any atom is 0.434 e. The van der Waals surface area contributed by atoms with Crippen LogP contribution in [0.3, 0.4) is 0 Å². The summed E-state index contributed by atoms with van der Waals surface area (Å²) in [7, 11) is 0. The first kappa shape index (κ1) is 16.3. The first-order valence-corrected chi connectivity index (χ1v) is 8.05. The zero-order valence-electron chi connectivity index (χ0n) is 13.3. The van der Waals surface area contributed by atoms with Crippen LogP contribution in [0.2, 0.25) is 0 Å². The molecular formula is C17H17F3N4O. The molecule has 2 unspecified atom stereocenters. The smallest absolute Gasteiger partial charge is 0.372 e. The molecule has 4 rings (SSSR count). The number of ether oxygens (including phenoxy) is 1. The highest BCUT2D eigenvalue weighted by molar-refractivity contribution is 5.55. The number of nitrogens with zero attached hydrogens (tertiary/aromatic N) is 2. The molecule has 2 bridgehead atoms. The zero-order valence-corrected chi connectivity index (χ0v) is 13.3. The number of rotatable bonds is 4. The number of aromatic nitrogens is 2. The number of hydrogen-bond donors (Lipinski definition) is 2. The van der Waals surface area contributed by atoms with Gasteiger partial charge in [0.25, 0.3) is 0 Å². The highest BCUT2D eigenvalue weighted by atomic mass is 19.4. The maximum absolute atomic E-state index is 12.5. The molecule has 0 amide bonds. The third-order valence-corrected chi connectivity index (χ3v) is 4.62. The summed E-state index contributed by atoms with van der Waals surface area (Å²) in [6.45, 7) is 1.64. The molecule has 0 saturated carbocycles. The fraction of sp³-hybridized carbons (Fsp3) is 0.412. The van der Waals surface area contributed by atoms with E-state index >= 15 is 0 Å². The van der Waals surface area contributed by atoms with Crippen molar-refractivity contribution in [3.8, 4) is 0 Å². The van der Waals surface area contributed by atoms with E-state index in [-0.39, 0.29) is 11.4 Å². The second-order valence-electron chi connectivity index (χ2n) is 6.56. The van der Waals surface area contributed by atoms with E-state index < -0.39 is 11.9 Å². The molecule has 0 aliphatic carbocycles. The van der Waals surface area contributed by atoms with Crippen molar-refractivity contribution in [1.82, 2.24) is 15.3 Å². The summed E-state index contributed by atoms with van der Waals surface area (Å²) in [6, 6.07) is 8.20. The molecule has 1 aromatic carbocycles. The van der Waals surface area contributed by atoms with E-state index in [9.17, 15) is 13.2 Å². The third kappa shape index (κ3) is 3.45. The van der Waals surface area contributed by atoms with Crippen LogP contribution in [-0.2, 0) is 17.3 Å². The van der Waals surface area contributed by atoms with Gasteiger partial charge < -0.3 is 15.4 Å². The summed E-state index contributed by atoms with van der Waals surface area (Å²) in [5.41, 5.74) is 0.796. The maximum atomic E-state index is 12.5. The lowest BCUT2D eigenvalue weighted by molar-refractivity contribution is -0.141. The normalized spacial score (nSPS) is 25.3. The molecule has 2 fully saturated rings. The van der Waals surface area contributed by atoms with Gasteiger partial charge in [-0.05, 0) is 24.1 Å². The van der Waals surface area contributed by atoms with Crippen LogP contribution in [0.1, 0.15) is 17.7 Å². The van der Waals surface area contributed by atoms with Crippen LogP contribution < -0.4 is 10.6 Å². The number of benzene rings is 1. The topological polar surface area (TPSA) is 59.1 Å². The highest BCUT2D eigenvalue weighted by Crippen LogP contribution is 2.34. The predicted molar refractivity (Wildman–Crippen MR) is 85.6 cm³/mol. The lowest BCUT2D eigenvalue weighted by atomic mass is 9.93. The van der Waals surface area contributed by atoms with E-state index in [1.54, 1.807) is 0 Å². The van der Waals surface area contributed by atoms with Crippen molar-refractivity contribution in [2.75, 3.05) is 18.5 Å². The Morgan fingerprint density at radius 1 is 1.20 bits per heavy atom. The molecule has 2 aliphatic rings. The Kier molecular flexibility index (Phi) is 3.88. The van der Waals surface area contributed by atoms with Crippen molar-refractivity contribution in [3.63, 3.8) is 0 Å². The summed E-state index contributed by atoms with van der Waals surface area (Å²) >= 11 is 0. The molecule has 2 aliphatic heterocycles. The Hall–Kier alpha value is -2.19. The van der Waals surface area contributed by atoms with E-state index in [2.05, 4.69) is 20.6 Å². The van der Waals surface area contributed by atoms with Crippen LogP contribution in [0.25, 0.3) is 0 Å². The van der Waals surface area contributed by atoms with Gasteiger partial charge in [-0.15, -0.1) is 0 Å². The minimum absolute atomic E-state index is 0.0987. The average molecular weight is 350 g/mol. The zero-order chi connectivity index (χ0) is 17.5. The van der Waals surface area contributed by atoms with Gasteiger partial charge >= 0.3 is 6.18 Å². The first-order valence-electron chi connectivity index (χ1n) is 8.05. The summed E-state index contributed by atoms with van der Waals surface area (Å²) in [5, 5.41) is 6.39. The van der Waals surface area contributed by atoms with Crippen molar-refractivity contribution in [2.24, 2.45) is 0 Å². The molecule has 25 heavy (non-hydrogen) atoms. The quantitative estimate of drug-likeness (QED) is 0.888. The molecule has 132 valence electrons. The highest BCUT2D eigenvalue weighted by Gasteiger charge is 2.45. The van der Waals surface area contributed by atoms with E-state index in [1.807, 2.05) is 24.3 Å². The Bertz CT molecular complexity index is 738. The van der Waals surface area contributed by atoms with Gasteiger partial charge in [0.15, 0.2) is 5.69 Å². The van der Waals surface area contributed by atoms with Gasteiger partial charge in [0.2, 0.25) is 0 Å². The fourth-order valence-corrected chi connectivity index (χ4v) is 3.38. The second kappa shape index (κ2) is 5.96. The van der Waals surface area contributed by atoms with Crippen LogP contribution in [0.4, 0.5) is 24.7 Å². The van der Waals surface area contributed by atoms with Crippen LogP contribution >= 0.6 is 0 Å². The average Bonchev–Trinajstić information content (AvgIpc) is 3.17. The van der Waals surface area contributed by atoms with Crippen molar-refractivity contribution in [2.45, 2.75) is 30.7 Å². The SMILES string of the molecule is FC(F)(F)c1cnc(Nc2ccc(CC34CNC(CO3)C4)cc2)cn1. The molecule has 2 atom stereocenters. The third-order valence-electron chi connectivity index (χ3n) is 4.62. The van der Waals surface area contributed by atoms with Crippen LogP contribution in [0.15, 0.2) is 36.7 Å². The minimum Gasteiger partial charge on any atom is -0.372 e. The van der Waals surface area contributed by atoms with Crippen LogP contribution in [0.5, 0.6) is 0 Å². The minimum atomic E-state index is -4.48. The molecule has 2 N–H and O–H groups in total. The van der Waals surface area contributed by atoms with Crippen LogP contribution in [0, 0.1) is 0 Å². The first-order chi connectivity index (χ1) is 11.9. The Morgan fingerprint density at radius 3 is 2.52 bits per heavy atom.